The van der Waals surface area contributed by atoms with Crippen LogP contribution < -0.4 is 5.32 Å². The number of carbonyl (C=O) groups excluding carboxylic acids is 2. The Kier molecular flexibility index (Phi) is 4.54. The smallest absolute Gasteiger partial charge is 0.350 e. The number of hydrogen-bond acceptors (Lipinski definition) is 5. The summed E-state index contributed by atoms with van der Waals surface area (Å²) < 4.78 is 17.6. The third kappa shape index (κ3) is 3.37. The van der Waals surface area contributed by atoms with Gasteiger partial charge in [0.1, 0.15) is 10.7 Å². The Balaban J connectivity index is 2.22. The van der Waals surface area contributed by atoms with Crippen LogP contribution in [0.2, 0.25) is 5.02 Å². The molecule has 0 fully saturated rings. The van der Waals surface area contributed by atoms with Crippen molar-refractivity contribution in [3.05, 3.63) is 45.2 Å². The number of methoxy groups -OCH3 is 1. The molecule has 0 unspecified atom stereocenters. The predicted molar refractivity (Wildman–Crippen MR) is 77.6 cm³/mol. The Hall–Kier alpha value is -1.99. The van der Waals surface area contributed by atoms with Crippen LogP contribution in [0.25, 0.3) is 0 Å². The lowest BCUT2D eigenvalue weighted by atomic mass is 10.2. The number of benzene rings is 1. The molecule has 0 aliphatic rings. The van der Waals surface area contributed by atoms with Crippen LogP contribution in [0.3, 0.4) is 0 Å². The molecule has 1 aromatic heterocycles. The van der Waals surface area contributed by atoms with Crippen LogP contribution in [0.4, 0.5) is 9.52 Å². The van der Waals surface area contributed by atoms with Crippen molar-refractivity contribution in [3.63, 3.8) is 0 Å². The molecule has 0 spiro atoms. The molecule has 21 heavy (non-hydrogen) atoms. The van der Waals surface area contributed by atoms with Crippen molar-refractivity contribution in [1.29, 1.82) is 0 Å². The molecular formula is C13H10ClFN2O3S. The van der Waals surface area contributed by atoms with Crippen LogP contribution in [0.15, 0.2) is 18.2 Å². The van der Waals surface area contributed by atoms with Crippen molar-refractivity contribution in [2.45, 2.75) is 6.92 Å². The van der Waals surface area contributed by atoms with E-state index >= 15 is 0 Å². The summed E-state index contributed by atoms with van der Waals surface area (Å²) in [5.41, 5.74) is 0.567. The monoisotopic (exact) mass is 328 g/mol. The summed E-state index contributed by atoms with van der Waals surface area (Å²) in [5.74, 6) is -1.59. The minimum absolute atomic E-state index is 0.00558. The van der Waals surface area contributed by atoms with E-state index in [9.17, 15) is 14.0 Å². The number of hydrogen-bond donors (Lipinski definition) is 1. The first-order valence-corrected chi connectivity index (χ1v) is 6.94. The molecule has 1 N–H and O–H groups in total. The van der Waals surface area contributed by atoms with Crippen molar-refractivity contribution >= 4 is 39.9 Å². The SMILES string of the molecule is COC(=O)c1sc(NC(=O)c2ccc(F)cc2Cl)nc1C. The second-order valence-electron chi connectivity index (χ2n) is 4.00. The molecule has 1 amide bonds. The summed E-state index contributed by atoms with van der Waals surface area (Å²) >= 11 is 6.80. The number of amides is 1. The zero-order valence-electron chi connectivity index (χ0n) is 11.1. The van der Waals surface area contributed by atoms with Gasteiger partial charge in [0.25, 0.3) is 5.91 Å². The molecular weight excluding hydrogens is 319 g/mol. The fourth-order valence-electron chi connectivity index (χ4n) is 1.57. The zero-order valence-corrected chi connectivity index (χ0v) is 12.6. The van der Waals surface area contributed by atoms with Crippen LogP contribution in [-0.2, 0) is 4.74 Å². The van der Waals surface area contributed by atoms with Crippen molar-refractivity contribution < 1.29 is 18.7 Å². The average molecular weight is 329 g/mol. The topological polar surface area (TPSA) is 68.3 Å². The van der Waals surface area contributed by atoms with Gasteiger partial charge in [0.05, 0.1) is 23.4 Å². The number of rotatable bonds is 3. The molecule has 0 saturated heterocycles. The van der Waals surface area contributed by atoms with Crippen LogP contribution in [0, 0.1) is 12.7 Å². The Labute approximate surface area is 128 Å². The molecule has 0 bridgehead atoms. The summed E-state index contributed by atoms with van der Waals surface area (Å²) in [7, 11) is 1.26. The lowest BCUT2D eigenvalue weighted by molar-refractivity contribution is 0.0605. The maximum absolute atomic E-state index is 12.9. The summed E-state index contributed by atoms with van der Waals surface area (Å²) in [6.07, 6.45) is 0. The van der Waals surface area contributed by atoms with Crippen LogP contribution in [0.5, 0.6) is 0 Å². The first-order valence-electron chi connectivity index (χ1n) is 5.74. The Morgan fingerprint density at radius 1 is 1.43 bits per heavy atom. The van der Waals surface area contributed by atoms with E-state index in [0.29, 0.717) is 10.6 Å². The molecule has 0 radical (unpaired) electrons. The summed E-state index contributed by atoms with van der Waals surface area (Å²) in [6, 6.07) is 3.45. The number of nitrogens with zero attached hydrogens (tertiary/aromatic N) is 1. The van der Waals surface area contributed by atoms with Gasteiger partial charge in [-0.25, -0.2) is 14.2 Å². The molecule has 1 aromatic carbocycles. The molecule has 0 aliphatic heterocycles. The fourth-order valence-corrected chi connectivity index (χ4v) is 2.70. The number of carbonyl (C=O) groups is 2. The molecule has 2 rings (SSSR count). The highest BCUT2D eigenvalue weighted by Crippen LogP contribution is 2.25. The number of anilines is 1. The van der Waals surface area contributed by atoms with E-state index in [1.807, 2.05) is 0 Å². The lowest BCUT2D eigenvalue weighted by Gasteiger charge is -2.03. The van der Waals surface area contributed by atoms with Crippen molar-refractivity contribution in [3.8, 4) is 0 Å². The predicted octanol–water partition coefficient (Wildman–Crippen LogP) is 3.28. The Morgan fingerprint density at radius 3 is 2.76 bits per heavy atom. The number of aromatic nitrogens is 1. The molecule has 0 aliphatic carbocycles. The van der Waals surface area contributed by atoms with E-state index in [-0.39, 0.29) is 15.7 Å². The fraction of sp³-hybridized carbons (Fsp3) is 0.154. The van der Waals surface area contributed by atoms with Crippen LogP contribution in [0.1, 0.15) is 25.7 Å². The summed E-state index contributed by atoms with van der Waals surface area (Å²) in [6.45, 7) is 1.63. The quantitative estimate of drug-likeness (QED) is 0.878. The van der Waals surface area contributed by atoms with E-state index in [1.165, 1.54) is 13.2 Å². The summed E-state index contributed by atoms with van der Waals surface area (Å²) in [4.78, 5) is 27.9. The highest BCUT2D eigenvalue weighted by molar-refractivity contribution is 7.17. The van der Waals surface area contributed by atoms with E-state index < -0.39 is 17.7 Å². The lowest BCUT2D eigenvalue weighted by Crippen LogP contribution is -2.12. The normalized spacial score (nSPS) is 10.3. The van der Waals surface area contributed by atoms with Gasteiger partial charge in [0, 0.05) is 0 Å². The molecule has 110 valence electrons. The maximum atomic E-state index is 12.9. The number of nitrogens with one attached hydrogen (secondary N) is 1. The number of esters is 1. The van der Waals surface area contributed by atoms with Gasteiger partial charge < -0.3 is 4.74 Å². The van der Waals surface area contributed by atoms with Gasteiger partial charge >= 0.3 is 5.97 Å². The Morgan fingerprint density at radius 2 is 2.14 bits per heavy atom. The summed E-state index contributed by atoms with van der Waals surface area (Å²) in [5, 5.41) is 2.74. The van der Waals surface area contributed by atoms with E-state index in [1.54, 1.807) is 6.92 Å². The average Bonchev–Trinajstić information content (AvgIpc) is 2.78. The molecule has 2 aromatic rings. The molecule has 0 saturated carbocycles. The largest absolute Gasteiger partial charge is 0.465 e. The van der Waals surface area contributed by atoms with E-state index in [2.05, 4.69) is 15.0 Å². The van der Waals surface area contributed by atoms with Crippen LogP contribution in [-0.4, -0.2) is 24.0 Å². The minimum atomic E-state index is -0.537. The second-order valence-corrected chi connectivity index (χ2v) is 5.41. The van der Waals surface area contributed by atoms with Crippen molar-refractivity contribution in [1.82, 2.24) is 4.98 Å². The molecule has 8 heteroatoms. The maximum Gasteiger partial charge on any atom is 0.350 e. The highest BCUT2D eigenvalue weighted by Gasteiger charge is 2.18. The third-order valence-corrected chi connectivity index (χ3v) is 3.93. The van der Waals surface area contributed by atoms with Gasteiger partial charge in [-0.05, 0) is 25.1 Å². The highest BCUT2D eigenvalue weighted by atomic mass is 35.5. The van der Waals surface area contributed by atoms with Gasteiger partial charge in [-0.15, -0.1) is 0 Å². The van der Waals surface area contributed by atoms with Crippen molar-refractivity contribution in [2.24, 2.45) is 0 Å². The van der Waals surface area contributed by atoms with Gasteiger partial charge in [0.15, 0.2) is 5.13 Å². The number of ether oxygens (including phenoxy) is 1. The van der Waals surface area contributed by atoms with Crippen LogP contribution >= 0.6 is 22.9 Å². The van der Waals surface area contributed by atoms with Crippen molar-refractivity contribution in [2.75, 3.05) is 12.4 Å². The van der Waals surface area contributed by atoms with Gasteiger partial charge in [-0.1, -0.05) is 22.9 Å². The Bertz CT molecular complexity index is 717. The van der Waals surface area contributed by atoms with E-state index in [4.69, 9.17) is 11.6 Å². The molecule has 1 heterocycles. The van der Waals surface area contributed by atoms with E-state index in [0.717, 1.165) is 23.5 Å². The molecule has 0 atom stereocenters. The molecule has 5 nitrogen and oxygen atoms in total. The third-order valence-electron chi connectivity index (χ3n) is 2.56. The van der Waals surface area contributed by atoms with Gasteiger partial charge in [-0.2, -0.15) is 0 Å². The number of aryl methyl sites for hydroxylation is 1. The number of thiazole rings is 1. The zero-order chi connectivity index (χ0) is 15.6. The first kappa shape index (κ1) is 15.4. The first-order chi connectivity index (χ1) is 9.92. The van der Waals surface area contributed by atoms with Gasteiger partial charge in [0.2, 0.25) is 0 Å². The second kappa shape index (κ2) is 6.19. The van der Waals surface area contributed by atoms with Gasteiger partial charge in [-0.3, -0.25) is 10.1 Å². The number of halogens is 2. The minimum Gasteiger partial charge on any atom is -0.465 e. The standard InChI is InChI=1S/C13H10ClFN2O3S/c1-6-10(12(19)20-2)21-13(16-6)17-11(18)8-4-3-7(15)5-9(8)14/h3-5H,1-2H3,(H,16,17,18).